The van der Waals surface area contributed by atoms with Gasteiger partial charge in [0.05, 0.1) is 0 Å². The lowest BCUT2D eigenvalue weighted by Gasteiger charge is -2.26. The number of rotatable bonds is 6. The summed E-state index contributed by atoms with van der Waals surface area (Å²) < 4.78 is 19.5. The van der Waals surface area contributed by atoms with Crippen molar-refractivity contribution in [1.82, 2.24) is 15.5 Å². The van der Waals surface area contributed by atoms with E-state index in [1.807, 2.05) is 0 Å². The van der Waals surface area contributed by atoms with Crippen LogP contribution in [-0.4, -0.2) is 34.9 Å². The van der Waals surface area contributed by atoms with Gasteiger partial charge in [-0.3, -0.25) is 0 Å². The quantitative estimate of drug-likeness (QED) is 0.817. The molecule has 0 bridgehead atoms. The summed E-state index contributed by atoms with van der Waals surface area (Å²) in [6, 6.07) is 10.9. The average Bonchev–Trinajstić information content (AvgIpc) is 3.60. The topological polar surface area (TPSA) is 77.0 Å². The van der Waals surface area contributed by atoms with Gasteiger partial charge in [-0.05, 0) is 44.1 Å². The first-order chi connectivity index (χ1) is 13.1. The van der Waals surface area contributed by atoms with E-state index in [0.29, 0.717) is 30.7 Å². The Hall–Kier alpha value is -1.79. The molecule has 3 fully saturated rings. The van der Waals surface area contributed by atoms with Crippen molar-refractivity contribution in [1.29, 1.82) is 0 Å². The van der Waals surface area contributed by atoms with Crippen LogP contribution in [0.4, 0.5) is 4.39 Å². The largest absolute Gasteiger partial charge is 0.339 e. The molecule has 3 aliphatic carbocycles. The zero-order chi connectivity index (χ0) is 18.4. The van der Waals surface area contributed by atoms with Crippen LogP contribution >= 0.6 is 0 Å². The number of nitrogens with one attached hydrogen (secondary N) is 1. The number of nitrogens with zero attached hydrogens (tertiary/aromatic N) is 2. The van der Waals surface area contributed by atoms with Crippen LogP contribution in [0.5, 0.6) is 0 Å². The summed E-state index contributed by atoms with van der Waals surface area (Å²) in [7, 11) is 0. The lowest BCUT2D eigenvalue weighted by atomic mass is 9.85. The van der Waals surface area contributed by atoms with E-state index < -0.39 is 6.17 Å². The number of hydrogen-bond acceptors (Lipinski definition) is 5. The molecule has 6 heteroatoms. The smallest absolute Gasteiger partial charge is 0.229 e. The van der Waals surface area contributed by atoms with Gasteiger partial charge >= 0.3 is 0 Å². The summed E-state index contributed by atoms with van der Waals surface area (Å²) in [6.45, 7) is 0.890. The highest BCUT2D eigenvalue weighted by atomic mass is 19.1. The molecule has 0 saturated heterocycles. The molecule has 3 aliphatic rings. The Bertz CT molecular complexity index is 790. The van der Waals surface area contributed by atoms with Crippen molar-refractivity contribution in [3.63, 3.8) is 0 Å². The van der Waals surface area contributed by atoms with Crippen molar-refractivity contribution in [2.24, 2.45) is 5.73 Å². The minimum absolute atomic E-state index is 0.00572. The van der Waals surface area contributed by atoms with Gasteiger partial charge in [-0.25, -0.2) is 4.39 Å². The van der Waals surface area contributed by atoms with Crippen LogP contribution in [0.25, 0.3) is 0 Å². The summed E-state index contributed by atoms with van der Waals surface area (Å²) in [5, 5.41) is 7.98. The molecule has 27 heavy (non-hydrogen) atoms. The normalized spacial score (nSPS) is 34.4. The minimum atomic E-state index is -0.972. The fourth-order valence-electron chi connectivity index (χ4n) is 4.43. The second-order valence-corrected chi connectivity index (χ2v) is 8.67. The van der Waals surface area contributed by atoms with E-state index in [0.717, 1.165) is 31.6 Å². The molecule has 2 aromatic rings. The van der Waals surface area contributed by atoms with Crippen molar-refractivity contribution in [3.05, 3.63) is 47.6 Å². The second-order valence-electron chi connectivity index (χ2n) is 8.67. The summed E-state index contributed by atoms with van der Waals surface area (Å²) in [5.41, 5.74) is 7.20. The molecule has 1 heterocycles. The van der Waals surface area contributed by atoms with Gasteiger partial charge in [0.1, 0.15) is 6.17 Å². The maximum absolute atomic E-state index is 13.9. The number of hydrogen-bond donors (Lipinski definition) is 2. The number of alkyl halides is 1. The highest BCUT2D eigenvalue weighted by molar-refractivity contribution is 5.28. The molecule has 0 spiro atoms. The Kier molecular flexibility index (Phi) is 4.28. The standard InChI is InChI=1S/C21H27FN4O/c22-16-10-14(6-7-17(16)23)19-25-20(26-27-19)21(8-9-21)12-24-18-11-15(18)13-4-2-1-3-5-13/h1-5,14-18,24H,6-12,23H2/t14?,15-,16?,17?,18+/m0/s1. The van der Waals surface area contributed by atoms with Crippen LogP contribution in [0.15, 0.2) is 34.9 Å². The van der Waals surface area contributed by atoms with Crippen molar-refractivity contribution >= 4 is 0 Å². The molecule has 0 amide bonds. The highest BCUT2D eigenvalue weighted by Crippen LogP contribution is 2.48. The summed E-state index contributed by atoms with van der Waals surface area (Å²) in [5.74, 6) is 2.03. The van der Waals surface area contributed by atoms with E-state index in [2.05, 4.69) is 45.8 Å². The van der Waals surface area contributed by atoms with Crippen molar-refractivity contribution in [2.75, 3.05) is 6.54 Å². The SMILES string of the molecule is NC1CCC(c2nc(C3(CN[C@@H]4C[C@H]4c4ccccc4)CC3)no2)CC1F. The van der Waals surface area contributed by atoms with E-state index in [1.165, 1.54) is 12.0 Å². The third kappa shape index (κ3) is 3.41. The van der Waals surface area contributed by atoms with E-state index in [9.17, 15) is 4.39 Å². The first-order valence-electron chi connectivity index (χ1n) is 10.2. The van der Waals surface area contributed by atoms with Gasteiger partial charge in [-0.1, -0.05) is 35.5 Å². The van der Waals surface area contributed by atoms with Gasteiger partial charge < -0.3 is 15.6 Å². The minimum Gasteiger partial charge on any atom is -0.339 e. The van der Waals surface area contributed by atoms with Gasteiger partial charge in [-0.2, -0.15) is 4.98 Å². The summed E-state index contributed by atoms with van der Waals surface area (Å²) in [4.78, 5) is 4.68. The Labute approximate surface area is 158 Å². The molecular weight excluding hydrogens is 343 g/mol. The van der Waals surface area contributed by atoms with Crippen molar-refractivity contribution in [2.45, 2.75) is 74.0 Å². The number of aromatic nitrogens is 2. The first kappa shape index (κ1) is 17.3. The number of nitrogens with two attached hydrogens (primary N) is 1. The third-order valence-electron chi connectivity index (χ3n) is 6.66. The summed E-state index contributed by atoms with van der Waals surface area (Å²) in [6.07, 6.45) is 4.30. The third-order valence-corrected chi connectivity index (χ3v) is 6.66. The maximum Gasteiger partial charge on any atom is 0.229 e. The van der Waals surface area contributed by atoms with Gasteiger partial charge in [0.2, 0.25) is 5.89 Å². The van der Waals surface area contributed by atoms with Gasteiger partial charge in [0, 0.05) is 35.9 Å². The molecule has 3 N–H and O–H groups in total. The Balaban J connectivity index is 1.19. The fourth-order valence-corrected chi connectivity index (χ4v) is 4.43. The maximum atomic E-state index is 13.9. The molecule has 3 unspecified atom stereocenters. The average molecular weight is 370 g/mol. The Morgan fingerprint density at radius 1 is 1.19 bits per heavy atom. The zero-order valence-electron chi connectivity index (χ0n) is 15.5. The van der Waals surface area contributed by atoms with Crippen LogP contribution < -0.4 is 11.1 Å². The van der Waals surface area contributed by atoms with E-state index in [4.69, 9.17) is 10.3 Å². The fraction of sp³-hybridized carbons (Fsp3) is 0.619. The molecule has 1 aromatic heterocycles. The van der Waals surface area contributed by atoms with E-state index >= 15 is 0 Å². The molecule has 144 valence electrons. The predicted octanol–water partition coefficient (Wildman–Crippen LogP) is 3.18. The molecule has 3 saturated carbocycles. The number of halogens is 1. The van der Waals surface area contributed by atoms with Gasteiger partial charge in [0.25, 0.3) is 0 Å². The van der Waals surface area contributed by atoms with Crippen LogP contribution in [-0.2, 0) is 5.41 Å². The Morgan fingerprint density at radius 3 is 2.74 bits per heavy atom. The molecule has 1 aromatic carbocycles. The van der Waals surface area contributed by atoms with Gasteiger partial charge in [0.15, 0.2) is 5.82 Å². The van der Waals surface area contributed by atoms with Crippen LogP contribution in [0.3, 0.4) is 0 Å². The molecule has 5 rings (SSSR count). The molecule has 5 nitrogen and oxygen atoms in total. The second kappa shape index (κ2) is 6.67. The Morgan fingerprint density at radius 2 is 2.00 bits per heavy atom. The van der Waals surface area contributed by atoms with Crippen LogP contribution in [0, 0.1) is 0 Å². The lowest BCUT2D eigenvalue weighted by molar-refractivity contribution is 0.182. The molecule has 5 atom stereocenters. The van der Waals surface area contributed by atoms with E-state index in [1.54, 1.807) is 0 Å². The number of benzene rings is 1. The van der Waals surface area contributed by atoms with Crippen molar-refractivity contribution < 1.29 is 8.91 Å². The molecule has 0 aliphatic heterocycles. The van der Waals surface area contributed by atoms with Crippen LogP contribution in [0.2, 0.25) is 0 Å². The predicted molar refractivity (Wildman–Crippen MR) is 100 cm³/mol. The van der Waals surface area contributed by atoms with Crippen molar-refractivity contribution in [3.8, 4) is 0 Å². The molecule has 0 radical (unpaired) electrons. The first-order valence-corrected chi connectivity index (χ1v) is 10.2. The van der Waals surface area contributed by atoms with Gasteiger partial charge in [-0.15, -0.1) is 0 Å². The van der Waals surface area contributed by atoms with E-state index in [-0.39, 0.29) is 17.4 Å². The van der Waals surface area contributed by atoms with Crippen LogP contribution in [0.1, 0.15) is 67.6 Å². The zero-order valence-corrected chi connectivity index (χ0v) is 15.5. The monoisotopic (exact) mass is 370 g/mol. The molecular formula is C21H27FN4O. The summed E-state index contributed by atoms with van der Waals surface area (Å²) >= 11 is 0. The lowest BCUT2D eigenvalue weighted by Crippen LogP contribution is -2.37. The highest BCUT2D eigenvalue weighted by Gasteiger charge is 2.50.